The lowest BCUT2D eigenvalue weighted by atomic mass is 10.0. The van der Waals surface area contributed by atoms with Crippen molar-refractivity contribution < 1.29 is 37.8 Å². The molecule has 0 spiro atoms. The first-order chi connectivity index (χ1) is 20.1. The first kappa shape index (κ1) is 44.3. The lowest BCUT2D eigenvalue weighted by Gasteiger charge is -2.12. The van der Waals surface area contributed by atoms with Crippen LogP contribution in [0.1, 0.15) is 194 Å². The van der Waals surface area contributed by atoms with Gasteiger partial charge in [0, 0.05) is 0 Å². The molecule has 4 N–H and O–H groups in total. The average Bonchev–Trinajstić information content (AvgIpc) is 2.92. The van der Waals surface area contributed by atoms with E-state index >= 15 is 0 Å². The fourth-order valence-electron chi connectivity index (χ4n) is 4.99. The molecular formula is C32H70O8P2. The highest BCUT2D eigenvalue weighted by atomic mass is 31.2. The van der Waals surface area contributed by atoms with Gasteiger partial charge < -0.3 is 19.6 Å². The molecule has 0 aromatic carbocycles. The van der Waals surface area contributed by atoms with Gasteiger partial charge in [-0.25, -0.2) is 9.13 Å². The maximum atomic E-state index is 12.0. The van der Waals surface area contributed by atoms with Crippen LogP contribution in [-0.2, 0) is 18.2 Å². The third kappa shape index (κ3) is 47.2. The molecule has 0 rings (SSSR count). The van der Waals surface area contributed by atoms with E-state index < -0.39 is 15.6 Å². The van der Waals surface area contributed by atoms with Crippen molar-refractivity contribution in [2.24, 2.45) is 0 Å². The number of hydrogen-bond acceptors (Lipinski definition) is 4. The van der Waals surface area contributed by atoms with Gasteiger partial charge in [-0.3, -0.25) is 9.05 Å². The molecule has 0 fully saturated rings. The minimum Gasteiger partial charge on any atom is -0.303 e. The van der Waals surface area contributed by atoms with Crippen LogP contribution in [0.2, 0.25) is 0 Å². The summed E-state index contributed by atoms with van der Waals surface area (Å²) in [6.45, 7) is 5.19. The van der Waals surface area contributed by atoms with Gasteiger partial charge in [-0.05, 0) is 12.8 Å². The topological polar surface area (TPSA) is 134 Å². The van der Waals surface area contributed by atoms with E-state index in [0.29, 0.717) is 13.2 Å². The fourth-order valence-corrected chi connectivity index (χ4v) is 5.78. The Labute approximate surface area is 260 Å². The molecule has 8 nitrogen and oxygen atoms in total. The maximum Gasteiger partial charge on any atom is 0.472 e. The molecule has 0 aromatic heterocycles. The van der Waals surface area contributed by atoms with Crippen LogP contribution < -0.4 is 0 Å². The van der Waals surface area contributed by atoms with E-state index in [1.165, 1.54) is 154 Å². The van der Waals surface area contributed by atoms with Crippen molar-refractivity contribution in [1.29, 1.82) is 0 Å². The Balaban J connectivity index is 0. The molecule has 0 bridgehead atoms. The van der Waals surface area contributed by atoms with Crippen molar-refractivity contribution in [1.82, 2.24) is 0 Å². The minimum absolute atomic E-state index is 0.324. The van der Waals surface area contributed by atoms with E-state index in [4.69, 9.17) is 28.3 Å². The monoisotopic (exact) mass is 644 g/mol. The molecule has 0 saturated heterocycles. The van der Waals surface area contributed by atoms with Crippen LogP contribution in [0.15, 0.2) is 0 Å². The van der Waals surface area contributed by atoms with Crippen LogP contribution in [-0.4, -0.2) is 32.8 Å². The highest BCUT2D eigenvalue weighted by Crippen LogP contribution is 2.43. The molecule has 0 unspecified atom stereocenters. The zero-order chi connectivity index (χ0) is 31.6. The lowest BCUT2D eigenvalue weighted by molar-refractivity contribution is 0.145. The molecule has 0 aliphatic rings. The van der Waals surface area contributed by atoms with E-state index in [1.807, 2.05) is 0 Å². The Bertz CT molecular complexity index is 569. The molecule has 0 atom stereocenters. The maximum absolute atomic E-state index is 12.0. The highest BCUT2D eigenvalue weighted by molar-refractivity contribution is 7.47. The van der Waals surface area contributed by atoms with Crippen LogP contribution in [0.25, 0.3) is 0 Å². The van der Waals surface area contributed by atoms with Crippen molar-refractivity contribution in [2.75, 3.05) is 13.2 Å². The van der Waals surface area contributed by atoms with E-state index in [-0.39, 0.29) is 0 Å². The molecule has 0 radical (unpaired) electrons. The first-order valence-electron chi connectivity index (χ1n) is 17.5. The third-order valence-electron chi connectivity index (χ3n) is 7.50. The van der Waals surface area contributed by atoms with Gasteiger partial charge in [0.2, 0.25) is 0 Å². The Hall–Kier alpha value is 0.220. The molecule has 0 heterocycles. The second kappa shape index (κ2) is 34.1. The van der Waals surface area contributed by atoms with Crippen LogP contribution >= 0.6 is 15.6 Å². The molecule has 0 saturated carbocycles. The van der Waals surface area contributed by atoms with Gasteiger partial charge in [0.05, 0.1) is 13.2 Å². The summed E-state index contributed by atoms with van der Waals surface area (Å²) in [4.78, 5) is 31.4. The van der Waals surface area contributed by atoms with Crippen LogP contribution in [0, 0.1) is 0 Å². The zero-order valence-electron chi connectivity index (χ0n) is 27.5. The van der Waals surface area contributed by atoms with Gasteiger partial charge in [0.1, 0.15) is 0 Å². The molecule has 256 valence electrons. The number of phosphoric ester groups is 1. The summed E-state index contributed by atoms with van der Waals surface area (Å²) in [6, 6.07) is 0. The average molecular weight is 645 g/mol. The predicted molar refractivity (Wildman–Crippen MR) is 177 cm³/mol. The highest BCUT2D eigenvalue weighted by Gasteiger charge is 2.19. The fraction of sp³-hybridized carbons (Fsp3) is 1.00. The summed E-state index contributed by atoms with van der Waals surface area (Å²) in [7, 11) is -8.50. The van der Waals surface area contributed by atoms with Crippen LogP contribution in [0.3, 0.4) is 0 Å². The first-order valence-corrected chi connectivity index (χ1v) is 20.6. The van der Waals surface area contributed by atoms with Gasteiger partial charge >= 0.3 is 15.6 Å². The molecule has 10 heteroatoms. The number of unbranched alkanes of at least 4 members (excludes halogenated alkanes) is 26. The second-order valence-corrected chi connectivity index (χ2v) is 14.3. The molecule has 0 aromatic rings. The van der Waals surface area contributed by atoms with Gasteiger partial charge in [-0.15, -0.1) is 0 Å². The molecular weight excluding hydrogens is 574 g/mol. The molecule has 0 aliphatic heterocycles. The van der Waals surface area contributed by atoms with Crippen molar-refractivity contribution in [3.8, 4) is 0 Å². The largest absolute Gasteiger partial charge is 0.472 e. The van der Waals surface area contributed by atoms with Crippen LogP contribution in [0.5, 0.6) is 0 Å². The normalized spacial score (nSPS) is 12.0. The Kier molecular flexibility index (Phi) is 36.0. The Morgan fingerprint density at radius 2 is 0.524 bits per heavy atom. The Morgan fingerprint density at radius 1 is 0.357 bits per heavy atom. The Morgan fingerprint density at radius 3 is 0.714 bits per heavy atom. The van der Waals surface area contributed by atoms with E-state index in [9.17, 15) is 9.46 Å². The van der Waals surface area contributed by atoms with Gasteiger partial charge in [0.15, 0.2) is 0 Å². The third-order valence-corrected chi connectivity index (χ3v) is 8.52. The standard InChI is InChI=1S/C32H67O4P.H3O4P/c1-3-5-7-9-11-13-15-17-19-21-23-25-27-29-31-35-37(33,34)36-32-30-28-26-24-22-20-18-16-14-12-10-8-6-4-2;1-5(2,3)4/h3-32H2,1-2H3,(H,33,34);(H3,1,2,3,4). The van der Waals surface area contributed by atoms with Gasteiger partial charge in [-0.2, -0.15) is 0 Å². The second-order valence-electron chi connectivity index (χ2n) is 11.8. The number of rotatable bonds is 32. The summed E-state index contributed by atoms with van der Waals surface area (Å²) in [5, 5.41) is 0. The SMILES string of the molecule is CCCCCCCCCCCCCCCCOP(=O)(O)OCCCCCCCCCCCCCCCC.O=P(O)(O)O. The van der Waals surface area contributed by atoms with Gasteiger partial charge in [0.25, 0.3) is 0 Å². The number of phosphoric acid groups is 2. The van der Waals surface area contributed by atoms with Crippen LogP contribution in [0.4, 0.5) is 0 Å². The quantitative estimate of drug-likeness (QED) is 0.0420. The number of hydrogen-bond donors (Lipinski definition) is 4. The summed E-state index contributed by atoms with van der Waals surface area (Å²) in [5.41, 5.74) is 0. The molecule has 0 aliphatic carbocycles. The smallest absolute Gasteiger partial charge is 0.303 e. The molecule has 0 amide bonds. The lowest BCUT2D eigenvalue weighted by Crippen LogP contribution is -1.99. The summed E-state index contributed by atoms with van der Waals surface area (Å²) in [6.07, 6.45) is 36.4. The zero-order valence-corrected chi connectivity index (χ0v) is 29.3. The summed E-state index contributed by atoms with van der Waals surface area (Å²) in [5.74, 6) is 0. The predicted octanol–water partition coefficient (Wildman–Crippen LogP) is 11.2. The van der Waals surface area contributed by atoms with Gasteiger partial charge in [-0.1, -0.05) is 181 Å². The van der Waals surface area contributed by atoms with E-state index in [1.54, 1.807) is 0 Å². The van der Waals surface area contributed by atoms with Crippen molar-refractivity contribution in [2.45, 2.75) is 194 Å². The van der Waals surface area contributed by atoms with Crippen molar-refractivity contribution >= 4 is 15.6 Å². The summed E-state index contributed by atoms with van der Waals surface area (Å²) >= 11 is 0. The van der Waals surface area contributed by atoms with E-state index in [2.05, 4.69) is 13.8 Å². The minimum atomic E-state index is -4.64. The summed E-state index contributed by atoms with van der Waals surface area (Å²) < 4.78 is 31.2. The van der Waals surface area contributed by atoms with Crippen molar-refractivity contribution in [3.05, 3.63) is 0 Å². The van der Waals surface area contributed by atoms with Crippen molar-refractivity contribution in [3.63, 3.8) is 0 Å². The molecule has 42 heavy (non-hydrogen) atoms. The van der Waals surface area contributed by atoms with E-state index in [0.717, 1.165) is 25.7 Å².